The van der Waals surface area contributed by atoms with Gasteiger partial charge < -0.3 is 15.3 Å². The number of aliphatic hydroxyl groups excluding tert-OH is 3. The van der Waals surface area contributed by atoms with E-state index < -0.39 is 24.6 Å². The lowest BCUT2D eigenvalue weighted by atomic mass is 10.1. The Morgan fingerprint density at radius 3 is 2.44 bits per heavy atom. The Morgan fingerprint density at radius 1 is 1.25 bits per heavy atom. The molecule has 0 bridgehead atoms. The average Bonchev–Trinajstić information content (AvgIpc) is 2.35. The summed E-state index contributed by atoms with van der Waals surface area (Å²) in [5, 5.41) is 26.8. The third-order valence-corrected chi connectivity index (χ3v) is 2.08. The molecule has 0 fully saturated rings. The summed E-state index contributed by atoms with van der Waals surface area (Å²) in [6.45, 7) is -0.647. The third-order valence-electron chi connectivity index (χ3n) is 2.08. The number of carbonyl (C=O) groups excluding carboxylic acids is 1. The van der Waals surface area contributed by atoms with Crippen molar-refractivity contribution in [2.24, 2.45) is 0 Å². The molecule has 4 nitrogen and oxygen atoms in total. The summed E-state index contributed by atoms with van der Waals surface area (Å²) in [7, 11) is 0. The molecule has 0 amide bonds. The van der Waals surface area contributed by atoms with Gasteiger partial charge in [-0.3, -0.25) is 4.79 Å². The normalized spacial score (nSPS) is 14.9. The highest BCUT2D eigenvalue weighted by atomic mass is 16.4. The SMILES string of the molecule is O=C(C=Cc1ccccc1)C(O)[C@@H](O)CO. The molecule has 0 aliphatic carbocycles. The lowest BCUT2D eigenvalue weighted by Gasteiger charge is -2.11. The van der Waals surface area contributed by atoms with Crippen LogP contribution in [0.1, 0.15) is 5.56 Å². The molecule has 0 aliphatic rings. The number of carbonyl (C=O) groups is 1. The quantitative estimate of drug-likeness (QED) is 0.612. The lowest BCUT2D eigenvalue weighted by molar-refractivity contribution is -0.129. The second kappa shape index (κ2) is 6.17. The fourth-order valence-electron chi connectivity index (χ4n) is 1.13. The highest BCUT2D eigenvalue weighted by molar-refractivity contribution is 5.97. The topological polar surface area (TPSA) is 77.8 Å². The minimum absolute atomic E-state index is 0.634. The fraction of sp³-hybridized carbons (Fsp3) is 0.250. The summed E-state index contributed by atoms with van der Waals surface area (Å²) in [5.41, 5.74) is 0.821. The maximum Gasteiger partial charge on any atom is 0.186 e. The molecule has 0 radical (unpaired) electrons. The standard InChI is InChI=1S/C12H14O4/c13-8-11(15)12(16)10(14)7-6-9-4-2-1-3-5-9/h1-7,11-13,15-16H,8H2/t11-,12?/m0/s1. The number of benzene rings is 1. The van der Waals surface area contributed by atoms with Crippen molar-refractivity contribution in [1.29, 1.82) is 0 Å². The Hall–Kier alpha value is -1.49. The van der Waals surface area contributed by atoms with Crippen molar-refractivity contribution in [2.45, 2.75) is 12.2 Å². The van der Waals surface area contributed by atoms with E-state index in [1.165, 1.54) is 12.2 Å². The maximum absolute atomic E-state index is 11.3. The lowest BCUT2D eigenvalue weighted by Crippen LogP contribution is -2.35. The summed E-state index contributed by atoms with van der Waals surface area (Å²) in [6.07, 6.45) is -0.299. The minimum Gasteiger partial charge on any atom is -0.394 e. The molecule has 1 aromatic carbocycles. The van der Waals surface area contributed by atoms with E-state index in [0.29, 0.717) is 0 Å². The molecular formula is C12H14O4. The molecule has 16 heavy (non-hydrogen) atoms. The highest BCUT2D eigenvalue weighted by Crippen LogP contribution is 2.03. The first-order chi connectivity index (χ1) is 7.65. The number of ketones is 1. The summed E-state index contributed by atoms with van der Waals surface area (Å²) < 4.78 is 0. The van der Waals surface area contributed by atoms with Crippen molar-refractivity contribution in [3.05, 3.63) is 42.0 Å². The van der Waals surface area contributed by atoms with Crippen LogP contribution in [0.5, 0.6) is 0 Å². The van der Waals surface area contributed by atoms with E-state index in [2.05, 4.69) is 0 Å². The van der Waals surface area contributed by atoms with E-state index in [4.69, 9.17) is 10.2 Å². The van der Waals surface area contributed by atoms with Crippen molar-refractivity contribution < 1.29 is 20.1 Å². The van der Waals surface area contributed by atoms with Crippen LogP contribution in [-0.4, -0.2) is 39.9 Å². The average molecular weight is 222 g/mol. The van der Waals surface area contributed by atoms with Gasteiger partial charge in [-0.05, 0) is 11.6 Å². The summed E-state index contributed by atoms with van der Waals surface area (Å²) in [5.74, 6) is -0.634. The van der Waals surface area contributed by atoms with Crippen LogP contribution >= 0.6 is 0 Å². The molecule has 1 unspecified atom stereocenters. The Labute approximate surface area is 93.5 Å². The molecule has 4 heteroatoms. The molecular weight excluding hydrogens is 208 g/mol. The molecule has 2 atom stereocenters. The van der Waals surface area contributed by atoms with E-state index in [0.717, 1.165) is 5.56 Å². The molecule has 0 aliphatic heterocycles. The van der Waals surface area contributed by atoms with Gasteiger partial charge in [0.2, 0.25) is 0 Å². The van der Waals surface area contributed by atoms with E-state index in [1.807, 2.05) is 18.2 Å². The van der Waals surface area contributed by atoms with Crippen LogP contribution in [0.25, 0.3) is 6.08 Å². The van der Waals surface area contributed by atoms with Gasteiger partial charge in [0.1, 0.15) is 12.2 Å². The molecule has 0 saturated carbocycles. The van der Waals surface area contributed by atoms with Gasteiger partial charge in [-0.25, -0.2) is 0 Å². The maximum atomic E-state index is 11.3. The highest BCUT2D eigenvalue weighted by Gasteiger charge is 2.20. The number of rotatable bonds is 5. The zero-order valence-corrected chi connectivity index (χ0v) is 8.65. The van der Waals surface area contributed by atoms with E-state index in [9.17, 15) is 9.90 Å². The van der Waals surface area contributed by atoms with Crippen molar-refractivity contribution in [3.63, 3.8) is 0 Å². The van der Waals surface area contributed by atoms with Crippen molar-refractivity contribution in [1.82, 2.24) is 0 Å². The second-order valence-electron chi connectivity index (χ2n) is 3.34. The molecule has 86 valence electrons. The van der Waals surface area contributed by atoms with Crippen LogP contribution in [0.4, 0.5) is 0 Å². The van der Waals surface area contributed by atoms with Crippen molar-refractivity contribution in [2.75, 3.05) is 6.61 Å². The van der Waals surface area contributed by atoms with Crippen LogP contribution in [0.2, 0.25) is 0 Å². The molecule has 0 aromatic heterocycles. The second-order valence-corrected chi connectivity index (χ2v) is 3.34. The van der Waals surface area contributed by atoms with Gasteiger partial charge in [-0.2, -0.15) is 0 Å². The first-order valence-electron chi connectivity index (χ1n) is 4.89. The number of hydrogen-bond donors (Lipinski definition) is 3. The monoisotopic (exact) mass is 222 g/mol. The van der Waals surface area contributed by atoms with Gasteiger partial charge in [-0.15, -0.1) is 0 Å². The Morgan fingerprint density at radius 2 is 1.88 bits per heavy atom. The van der Waals surface area contributed by atoms with Crippen molar-refractivity contribution in [3.8, 4) is 0 Å². The summed E-state index contributed by atoms with van der Waals surface area (Å²) >= 11 is 0. The van der Waals surface area contributed by atoms with Gasteiger partial charge >= 0.3 is 0 Å². The van der Waals surface area contributed by atoms with Gasteiger partial charge in [-0.1, -0.05) is 36.4 Å². The fourth-order valence-corrected chi connectivity index (χ4v) is 1.13. The van der Waals surface area contributed by atoms with Gasteiger partial charge in [0.05, 0.1) is 6.61 Å². The molecule has 0 heterocycles. The van der Waals surface area contributed by atoms with Crippen LogP contribution in [0, 0.1) is 0 Å². The predicted molar refractivity (Wildman–Crippen MR) is 59.6 cm³/mol. The van der Waals surface area contributed by atoms with Crippen molar-refractivity contribution >= 4 is 11.9 Å². The Kier molecular flexibility index (Phi) is 4.85. The van der Waals surface area contributed by atoms with Gasteiger partial charge in [0.15, 0.2) is 5.78 Å². The van der Waals surface area contributed by atoms with Gasteiger partial charge in [0.25, 0.3) is 0 Å². The smallest absolute Gasteiger partial charge is 0.186 e. The number of hydrogen-bond acceptors (Lipinski definition) is 4. The molecule has 3 N–H and O–H groups in total. The first kappa shape index (κ1) is 12.6. The van der Waals surface area contributed by atoms with Crippen LogP contribution in [0.15, 0.2) is 36.4 Å². The number of aliphatic hydroxyl groups is 3. The summed E-state index contributed by atoms with van der Waals surface area (Å²) in [4.78, 5) is 11.3. The molecule has 1 rings (SSSR count). The molecule has 0 saturated heterocycles. The van der Waals surface area contributed by atoms with E-state index in [-0.39, 0.29) is 0 Å². The van der Waals surface area contributed by atoms with Crippen LogP contribution < -0.4 is 0 Å². The molecule has 1 aromatic rings. The predicted octanol–water partition coefficient (Wildman–Crippen LogP) is -0.0170. The van der Waals surface area contributed by atoms with Gasteiger partial charge in [0, 0.05) is 0 Å². The van der Waals surface area contributed by atoms with E-state index in [1.54, 1.807) is 12.1 Å². The Bertz CT molecular complexity index is 359. The van der Waals surface area contributed by atoms with Crippen LogP contribution in [-0.2, 0) is 4.79 Å². The minimum atomic E-state index is -1.58. The molecule has 0 spiro atoms. The first-order valence-corrected chi connectivity index (χ1v) is 4.89. The van der Waals surface area contributed by atoms with E-state index >= 15 is 0 Å². The zero-order valence-electron chi connectivity index (χ0n) is 8.65. The Balaban J connectivity index is 2.61. The third kappa shape index (κ3) is 3.58. The zero-order chi connectivity index (χ0) is 12.0. The van der Waals surface area contributed by atoms with Crippen LogP contribution in [0.3, 0.4) is 0 Å². The largest absolute Gasteiger partial charge is 0.394 e. The summed E-state index contributed by atoms with van der Waals surface area (Å²) in [6, 6.07) is 9.10.